The van der Waals surface area contributed by atoms with Crippen LogP contribution in [0.25, 0.3) is 56.0 Å². The Morgan fingerprint density at radius 3 is 2.72 bits per heavy atom. The molecule has 214 valence electrons. The summed E-state index contributed by atoms with van der Waals surface area (Å²) in [6, 6.07) is 17.7. The Bertz CT molecular complexity index is 1990. The standard InChI is InChI=1S/C33H29N7O3/c41-29(13-19-5-2-1-3-6-19)35-22-14-21(16-34-17-22)24-10-11-26-31(36-24)32(40-39-26)33-37-25-8-4-7-23(30(25)38-33)20-9-12-27-28(15-20)43-18-42-27/h4,7-12,14-17,19H,1-3,5-6,13,18H2,(H,35,41)(H,37,38)(H,39,40). The molecule has 43 heavy (non-hydrogen) atoms. The van der Waals surface area contributed by atoms with E-state index in [1.807, 2.05) is 54.6 Å². The van der Waals surface area contributed by atoms with Crippen LogP contribution in [0.2, 0.25) is 0 Å². The molecule has 1 aliphatic heterocycles. The third-order valence-corrected chi connectivity index (χ3v) is 8.34. The van der Waals surface area contributed by atoms with Crippen molar-refractivity contribution in [2.45, 2.75) is 38.5 Å². The summed E-state index contributed by atoms with van der Waals surface area (Å²) < 4.78 is 11.1. The van der Waals surface area contributed by atoms with Crippen molar-refractivity contribution >= 4 is 33.7 Å². The molecule has 0 atom stereocenters. The molecule has 0 unspecified atom stereocenters. The number of para-hydroxylation sites is 1. The highest BCUT2D eigenvalue weighted by atomic mass is 16.7. The van der Waals surface area contributed by atoms with Gasteiger partial charge in [-0.05, 0) is 60.7 Å². The van der Waals surface area contributed by atoms with Crippen molar-refractivity contribution in [1.29, 1.82) is 0 Å². The molecule has 5 heterocycles. The van der Waals surface area contributed by atoms with E-state index in [0.717, 1.165) is 63.3 Å². The average molecular weight is 572 g/mol. The largest absolute Gasteiger partial charge is 0.454 e. The molecule has 1 fully saturated rings. The van der Waals surface area contributed by atoms with Crippen molar-refractivity contribution in [2.75, 3.05) is 12.1 Å². The summed E-state index contributed by atoms with van der Waals surface area (Å²) in [6.07, 6.45) is 9.96. The van der Waals surface area contributed by atoms with Crippen LogP contribution in [-0.2, 0) is 4.79 Å². The maximum atomic E-state index is 12.7. The Kier molecular flexibility index (Phi) is 6.24. The number of rotatable bonds is 6. The van der Waals surface area contributed by atoms with Crippen molar-refractivity contribution < 1.29 is 14.3 Å². The SMILES string of the molecule is O=C(CC1CCCCC1)Nc1cncc(-c2ccc3[nH]nc(-c4nc5c(-c6ccc7c(c6)OCO7)cccc5[nH]4)c3n2)c1. The number of benzene rings is 2. The normalized spacial score (nSPS) is 14.9. The van der Waals surface area contributed by atoms with Crippen molar-refractivity contribution in [2.24, 2.45) is 5.92 Å². The number of aromatic nitrogens is 6. The van der Waals surface area contributed by atoms with Gasteiger partial charge in [0.15, 0.2) is 23.0 Å². The lowest BCUT2D eigenvalue weighted by molar-refractivity contribution is -0.117. The lowest BCUT2D eigenvalue weighted by Gasteiger charge is -2.20. The average Bonchev–Trinajstić information content (AvgIpc) is 3.79. The van der Waals surface area contributed by atoms with Crippen LogP contribution in [-0.4, -0.2) is 42.8 Å². The van der Waals surface area contributed by atoms with Gasteiger partial charge in [0.2, 0.25) is 12.7 Å². The second-order valence-corrected chi connectivity index (χ2v) is 11.2. The molecular weight excluding hydrogens is 542 g/mol. The van der Waals surface area contributed by atoms with Crippen LogP contribution >= 0.6 is 0 Å². The lowest BCUT2D eigenvalue weighted by Crippen LogP contribution is -2.18. The van der Waals surface area contributed by atoms with Crippen LogP contribution in [0.5, 0.6) is 11.5 Å². The van der Waals surface area contributed by atoms with Gasteiger partial charge in [-0.1, -0.05) is 37.5 Å². The second kappa shape index (κ2) is 10.5. The first-order valence-electron chi connectivity index (χ1n) is 14.7. The van der Waals surface area contributed by atoms with Crippen LogP contribution in [0.4, 0.5) is 5.69 Å². The summed E-state index contributed by atoms with van der Waals surface area (Å²) in [5, 5.41) is 10.7. The van der Waals surface area contributed by atoms with Gasteiger partial charge < -0.3 is 19.8 Å². The van der Waals surface area contributed by atoms with Crippen molar-refractivity contribution in [3.63, 3.8) is 0 Å². The summed E-state index contributed by atoms with van der Waals surface area (Å²) >= 11 is 0. The fourth-order valence-electron chi connectivity index (χ4n) is 6.18. The fraction of sp³-hybridized carbons (Fsp3) is 0.242. The predicted molar refractivity (Wildman–Crippen MR) is 164 cm³/mol. The molecule has 10 nitrogen and oxygen atoms in total. The quantitative estimate of drug-likeness (QED) is 0.199. The molecule has 0 bridgehead atoms. The Morgan fingerprint density at radius 1 is 0.884 bits per heavy atom. The molecule has 4 aromatic heterocycles. The Morgan fingerprint density at radius 2 is 1.79 bits per heavy atom. The minimum atomic E-state index is 0.0383. The van der Waals surface area contributed by atoms with Gasteiger partial charge in [0.1, 0.15) is 5.52 Å². The van der Waals surface area contributed by atoms with Gasteiger partial charge in [-0.2, -0.15) is 5.10 Å². The highest BCUT2D eigenvalue weighted by Gasteiger charge is 2.20. The van der Waals surface area contributed by atoms with E-state index in [0.29, 0.717) is 35.1 Å². The number of amides is 1. The van der Waals surface area contributed by atoms with Gasteiger partial charge >= 0.3 is 0 Å². The van der Waals surface area contributed by atoms with Gasteiger partial charge in [0.25, 0.3) is 0 Å². The number of carbonyl (C=O) groups excluding carboxylic acids is 1. The molecule has 0 radical (unpaired) electrons. The molecule has 3 N–H and O–H groups in total. The minimum absolute atomic E-state index is 0.0383. The number of ether oxygens (including phenoxy) is 2. The predicted octanol–water partition coefficient (Wildman–Crippen LogP) is 6.87. The monoisotopic (exact) mass is 571 g/mol. The molecule has 1 aliphatic carbocycles. The van der Waals surface area contributed by atoms with E-state index in [4.69, 9.17) is 19.4 Å². The zero-order valence-corrected chi connectivity index (χ0v) is 23.4. The second-order valence-electron chi connectivity index (χ2n) is 11.2. The number of nitrogens with one attached hydrogen (secondary N) is 3. The molecular formula is C33H29N7O3. The van der Waals surface area contributed by atoms with E-state index in [-0.39, 0.29) is 12.7 Å². The van der Waals surface area contributed by atoms with Crippen molar-refractivity contribution in [1.82, 2.24) is 30.1 Å². The third kappa shape index (κ3) is 4.84. The molecule has 0 saturated heterocycles. The molecule has 1 amide bonds. The highest BCUT2D eigenvalue weighted by Crippen LogP contribution is 2.38. The smallest absolute Gasteiger partial charge is 0.231 e. The Hall–Kier alpha value is -5.25. The summed E-state index contributed by atoms with van der Waals surface area (Å²) in [4.78, 5) is 30.4. The van der Waals surface area contributed by atoms with Gasteiger partial charge in [-0.25, -0.2) is 9.97 Å². The van der Waals surface area contributed by atoms with Crippen molar-refractivity contribution in [3.8, 4) is 45.4 Å². The number of anilines is 1. The first-order chi connectivity index (χ1) is 21.2. The maximum Gasteiger partial charge on any atom is 0.231 e. The zero-order chi connectivity index (χ0) is 28.8. The highest BCUT2D eigenvalue weighted by molar-refractivity contribution is 5.97. The maximum absolute atomic E-state index is 12.7. The topological polar surface area (TPSA) is 131 Å². The molecule has 1 saturated carbocycles. The third-order valence-electron chi connectivity index (χ3n) is 8.34. The lowest BCUT2D eigenvalue weighted by atomic mass is 9.87. The van der Waals surface area contributed by atoms with Crippen LogP contribution in [0, 0.1) is 5.92 Å². The number of H-pyrrole nitrogens is 2. The Balaban J connectivity index is 1.10. The summed E-state index contributed by atoms with van der Waals surface area (Å²) in [6.45, 7) is 0.228. The van der Waals surface area contributed by atoms with E-state index in [1.54, 1.807) is 12.4 Å². The number of hydrogen-bond donors (Lipinski definition) is 3. The van der Waals surface area contributed by atoms with E-state index in [9.17, 15) is 4.79 Å². The molecule has 8 rings (SSSR count). The molecule has 2 aromatic carbocycles. The summed E-state index contributed by atoms with van der Waals surface area (Å²) in [5.41, 5.74) is 7.97. The summed E-state index contributed by atoms with van der Waals surface area (Å²) in [5.74, 6) is 2.59. The van der Waals surface area contributed by atoms with Gasteiger partial charge in [0, 0.05) is 23.7 Å². The number of hydrogen-bond acceptors (Lipinski definition) is 7. The number of imidazole rings is 1. The number of pyridine rings is 2. The number of fused-ring (bicyclic) bond motifs is 3. The zero-order valence-electron chi connectivity index (χ0n) is 23.4. The first kappa shape index (κ1) is 25.5. The van der Waals surface area contributed by atoms with Crippen LogP contribution in [0.3, 0.4) is 0 Å². The van der Waals surface area contributed by atoms with E-state index in [1.165, 1.54) is 19.3 Å². The van der Waals surface area contributed by atoms with E-state index >= 15 is 0 Å². The first-order valence-corrected chi connectivity index (χ1v) is 14.7. The van der Waals surface area contributed by atoms with Gasteiger partial charge in [0.05, 0.1) is 34.1 Å². The van der Waals surface area contributed by atoms with Crippen LogP contribution < -0.4 is 14.8 Å². The summed E-state index contributed by atoms with van der Waals surface area (Å²) in [7, 11) is 0. The fourth-order valence-corrected chi connectivity index (χ4v) is 6.18. The van der Waals surface area contributed by atoms with Crippen LogP contribution in [0.1, 0.15) is 38.5 Å². The Labute approximate surface area is 246 Å². The molecule has 10 heteroatoms. The molecule has 0 spiro atoms. The van der Waals surface area contributed by atoms with Crippen molar-refractivity contribution in [3.05, 3.63) is 67.0 Å². The van der Waals surface area contributed by atoms with Gasteiger partial charge in [-0.15, -0.1) is 0 Å². The number of nitrogens with zero attached hydrogens (tertiary/aromatic N) is 4. The van der Waals surface area contributed by atoms with Gasteiger partial charge in [-0.3, -0.25) is 14.9 Å². The molecule has 2 aliphatic rings. The number of carbonyl (C=O) groups is 1. The molecule has 6 aromatic rings. The van der Waals surface area contributed by atoms with E-state index in [2.05, 4.69) is 25.5 Å². The minimum Gasteiger partial charge on any atom is -0.454 e. The van der Waals surface area contributed by atoms with Crippen LogP contribution in [0.15, 0.2) is 67.0 Å². The number of aromatic amines is 2. The van der Waals surface area contributed by atoms with E-state index < -0.39 is 0 Å².